The van der Waals surface area contributed by atoms with Crippen molar-refractivity contribution in [1.29, 1.82) is 0 Å². The molecule has 5 rings (SSSR count). The highest BCUT2D eigenvalue weighted by atomic mass is 35.5. The minimum atomic E-state index is -0.0288. The van der Waals surface area contributed by atoms with Crippen molar-refractivity contribution in [2.45, 2.75) is 31.9 Å². The van der Waals surface area contributed by atoms with Crippen LogP contribution in [0.3, 0.4) is 0 Å². The van der Waals surface area contributed by atoms with Crippen LogP contribution in [0.2, 0.25) is 5.02 Å². The zero-order valence-corrected chi connectivity index (χ0v) is 23.7. The van der Waals surface area contributed by atoms with Crippen molar-refractivity contribution >= 4 is 28.4 Å². The molecule has 0 saturated carbocycles. The Hall–Kier alpha value is -3.81. The second kappa shape index (κ2) is 12.6. The van der Waals surface area contributed by atoms with Crippen molar-refractivity contribution in [3.63, 3.8) is 0 Å². The SMILES string of the molecule is COc1ccc(-c2nc3cc(Cl)ccc3cc2CN(C[C@H]2CCCO2)C(=O)Cc2cc(OC)ccc2OC)cc1. The lowest BCUT2D eigenvalue weighted by Crippen LogP contribution is -2.38. The number of halogens is 1. The maximum absolute atomic E-state index is 13.9. The molecule has 0 spiro atoms. The van der Waals surface area contributed by atoms with Crippen LogP contribution in [-0.2, 0) is 22.5 Å². The van der Waals surface area contributed by atoms with E-state index >= 15 is 0 Å². The summed E-state index contributed by atoms with van der Waals surface area (Å²) in [5.41, 5.74) is 4.22. The Morgan fingerprint density at radius 2 is 1.73 bits per heavy atom. The predicted octanol–water partition coefficient (Wildman–Crippen LogP) is 6.33. The number of hydrogen-bond acceptors (Lipinski definition) is 6. The van der Waals surface area contributed by atoms with Crippen molar-refractivity contribution in [1.82, 2.24) is 9.88 Å². The summed E-state index contributed by atoms with van der Waals surface area (Å²) in [5.74, 6) is 2.05. The third-order valence-corrected chi connectivity index (χ3v) is 7.45. The molecule has 40 heavy (non-hydrogen) atoms. The number of carbonyl (C=O) groups excluding carboxylic acids is 1. The van der Waals surface area contributed by atoms with Gasteiger partial charge in [0.15, 0.2) is 0 Å². The van der Waals surface area contributed by atoms with Crippen LogP contribution in [0.25, 0.3) is 22.2 Å². The Morgan fingerprint density at radius 1 is 0.950 bits per heavy atom. The highest BCUT2D eigenvalue weighted by molar-refractivity contribution is 6.31. The molecule has 0 bridgehead atoms. The number of carbonyl (C=O) groups is 1. The van der Waals surface area contributed by atoms with E-state index in [2.05, 4.69) is 6.07 Å². The van der Waals surface area contributed by atoms with E-state index in [-0.39, 0.29) is 18.4 Å². The van der Waals surface area contributed by atoms with Gasteiger partial charge in [0.2, 0.25) is 5.91 Å². The second-order valence-corrected chi connectivity index (χ2v) is 10.3. The summed E-state index contributed by atoms with van der Waals surface area (Å²) in [5, 5.41) is 1.58. The molecule has 2 heterocycles. The highest BCUT2D eigenvalue weighted by Crippen LogP contribution is 2.31. The molecule has 208 valence electrons. The van der Waals surface area contributed by atoms with Crippen molar-refractivity contribution in [3.8, 4) is 28.5 Å². The molecule has 1 aliphatic heterocycles. The van der Waals surface area contributed by atoms with E-state index in [0.717, 1.165) is 51.9 Å². The molecule has 7 nitrogen and oxygen atoms in total. The van der Waals surface area contributed by atoms with Crippen molar-refractivity contribution in [2.75, 3.05) is 34.5 Å². The van der Waals surface area contributed by atoms with Gasteiger partial charge in [0.25, 0.3) is 0 Å². The van der Waals surface area contributed by atoms with Crippen LogP contribution in [0.15, 0.2) is 66.7 Å². The Kier molecular flexibility index (Phi) is 8.72. The summed E-state index contributed by atoms with van der Waals surface area (Å²) in [7, 11) is 4.86. The Labute approximate surface area is 239 Å². The maximum atomic E-state index is 13.9. The molecular formula is C32H33ClN2O5. The number of methoxy groups -OCH3 is 3. The van der Waals surface area contributed by atoms with E-state index in [0.29, 0.717) is 36.2 Å². The highest BCUT2D eigenvalue weighted by Gasteiger charge is 2.25. The predicted molar refractivity (Wildman–Crippen MR) is 156 cm³/mol. The molecule has 0 aliphatic carbocycles. The van der Waals surface area contributed by atoms with E-state index < -0.39 is 0 Å². The number of nitrogens with zero attached hydrogens (tertiary/aromatic N) is 2. The first-order valence-electron chi connectivity index (χ1n) is 13.3. The molecule has 1 fully saturated rings. The summed E-state index contributed by atoms with van der Waals surface area (Å²) in [6.07, 6.45) is 2.08. The zero-order valence-electron chi connectivity index (χ0n) is 23.0. The molecule has 1 amide bonds. The molecular weight excluding hydrogens is 528 g/mol. The van der Waals surface area contributed by atoms with E-state index in [1.54, 1.807) is 21.3 Å². The minimum absolute atomic E-state index is 0.00665. The average molecular weight is 561 g/mol. The van der Waals surface area contributed by atoms with Gasteiger partial charge in [-0.1, -0.05) is 17.7 Å². The van der Waals surface area contributed by atoms with E-state index in [1.165, 1.54) is 0 Å². The van der Waals surface area contributed by atoms with Gasteiger partial charge < -0.3 is 23.8 Å². The lowest BCUT2D eigenvalue weighted by atomic mass is 10.0. The summed E-state index contributed by atoms with van der Waals surface area (Å²) in [4.78, 5) is 20.8. The summed E-state index contributed by atoms with van der Waals surface area (Å²) >= 11 is 6.30. The molecule has 1 aliphatic rings. The van der Waals surface area contributed by atoms with E-state index in [9.17, 15) is 4.79 Å². The quantitative estimate of drug-likeness (QED) is 0.226. The van der Waals surface area contributed by atoms with Crippen LogP contribution in [0.1, 0.15) is 24.0 Å². The molecule has 1 aromatic heterocycles. The lowest BCUT2D eigenvalue weighted by Gasteiger charge is -2.27. The third kappa shape index (κ3) is 6.32. The largest absolute Gasteiger partial charge is 0.497 e. The standard InChI is InChI=1S/C32H33ClN2O5/c1-37-26-10-7-21(8-11-26)32-24(15-22-6-9-25(33)18-29(22)34-32)19-35(20-28-5-4-14-40-28)31(36)17-23-16-27(38-2)12-13-30(23)39-3/h6-13,15-16,18,28H,4-5,14,17,19-20H2,1-3H3/t28-/m1/s1. The van der Waals surface area contributed by atoms with Gasteiger partial charge in [0.05, 0.1) is 45.1 Å². The number of rotatable bonds is 10. The van der Waals surface area contributed by atoms with Crippen molar-refractivity contribution in [3.05, 3.63) is 82.9 Å². The second-order valence-electron chi connectivity index (χ2n) is 9.83. The van der Waals surface area contributed by atoms with Crippen LogP contribution in [0, 0.1) is 0 Å². The van der Waals surface area contributed by atoms with Crippen LogP contribution < -0.4 is 14.2 Å². The monoisotopic (exact) mass is 560 g/mol. The first kappa shape index (κ1) is 27.7. The Bertz CT molecular complexity index is 1490. The average Bonchev–Trinajstić information content (AvgIpc) is 3.50. The molecule has 0 radical (unpaired) electrons. The number of benzene rings is 3. The smallest absolute Gasteiger partial charge is 0.227 e. The fourth-order valence-corrected chi connectivity index (χ4v) is 5.26. The van der Waals surface area contributed by atoms with Gasteiger partial charge in [-0.15, -0.1) is 0 Å². The van der Waals surface area contributed by atoms with Gasteiger partial charge in [0.1, 0.15) is 17.2 Å². The van der Waals surface area contributed by atoms with Crippen molar-refractivity contribution in [2.24, 2.45) is 0 Å². The van der Waals surface area contributed by atoms with Gasteiger partial charge in [0, 0.05) is 41.2 Å². The van der Waals surface area contributed by atoms with Crippen molar-refractivity contribution < 1.29 is 23.7 Å². The summed E-state index contributed by atoms with van der Waals surface area (Å²) in [6, 6.07) is 21.1. The van der Waals surface area contributed by atoms with E-state index in [1.807, 2.05) is 65.6 Å². The Balaban J connectivity index is 1.53. The van der Waals surface area contributed by atoms with Gasteiger partial charge >= 0.3 is 0 Å². The normalized spacial score (nSPS) is 14.8. The van der Waals surface area contributed by atoms with Gasteiger partial charge in [-0.05, 0) is 79.1 Å². The van der Waals surface area contributed by atoms with Crippen LogP contribution in [0.5, 0.6) is 17.2 Å². The maximum Gasteiger partial charge on any atom is 0.227 e. The number of hydrogen-bond donors (Lipinski definition) is 0. The fourth-order valence-electron chi connectivity index (χ4n) is 5.09. The number of pyridine rings is 1. The van der Waals surface area contributed by atoms with Gasteiger partial charge in [-0.2, -0.15) is 0 Å². The summed E-state index contributed by atoms with van der Waals surface area (Å²) in [6.45, 7) is 1.58. The number of ether oxygens (including phenoxy) is 4. The first-order chi connectivity index (χ1) is 19.5. The van der Waals surface area contributed by atoms with Crippen LogP contribution >= 0.6 is 11.6 Å². The number of fused-ring (bicyclic) bond motifs is 1. The molecule has 1 saturated heterocycles. The molecule has 0 N–H and O–H groups in total. The van der Waals surface area contributed by atoms with Gasteiger partial charge in [-0.3, -0.25) is 4.79 Å². The molecule has 1 atom stereocenters. The summed E-state index contributed by atoms with van der Waals surface area (Å²) < 4.78 is 22.3. The van der Waals surface area contributed by atoms with Crippen LogP contribution in [0.4, 0.5) is 0 Å². The fraction of sp³-hybridized carbons (Fsp3) is 0.312. The lowest BCUT2D eigenvalue weighted by molar-refractivity contribution is -0.132. The Morgan fingerprint density at radius 3 is 2.42 bits per heavy atom. The van der Waals surface area contributed by atoms with Crippen LogP contribution in [-0.4, -0.2) is 56.4 Å². The molecule has 8 heteroatoms. The third-order valence-electron chi connectivity index (χ3n) is 7.21. The number of aromatic nitrogens is 1. The van der Waals surface area contributed by atoms with E-state index in [4.69, 9.17) is 35.5 Å². The topological polar surface area (TPSA) is 70.1 Å². The van der Waals surface area contributed by atoms with Gasteiger partial charge in [-0.25, -0.2) is 4.98 Å². The molecule has 4 aromatic rings. The molecule has 3 aromatic carbocycles. The molecule has 0 unspecified atom stereocenters. The number of amides is 1. The first-order valence-corrected chi connectivity index (χ1v) is 13.7. The minimum Gasteiger partial charge on any atom is -0.497 e. The zero-order chi connectivity index (χ0) is 28.1.